The van der Waals surface area contributed by atoms with Crippen molar-refractivity contribution in [2.45, 2.75) is 39.7 Å². The Labute approximate surface area is 228 Å². The Morgan fingerprint density at radius 1 is 1.03 bits per heavy atom. The van der Waals surface area contributed by atoms with Gasteiger partial charge in [0.1, 0.15) is 5.82 Å². The number of benzene rings is 2. The zero-order chi connectivity index (χ0) is 27.7. The van der Waals surface area contributed by atoms with E-state index in [1.54, 1.807) is 29.7 Å². The van der Waals surface area contributed by atoms with Crippen LogP contribution in [-0.4, -0.2) is 24.6 Å². The summed E-state index contributed by atoms with van der Waals surface area (Å²) in [6, 6.07) is 15.4. The summed E-state index contributed by atoms with van der Waals surface area (Å²) in [6.45, 7) is 5.38. The standard InChI is InChI=1S/C30H26F2N4O2S/c1-4-25(20-8-6-5-7-9-20)36-27(29-34-17(2)16-39-29)35-28(37)23(30(36)38)14-19-10-11-22(24(31)15-19)21-12-13-33-26(32)18(21)3/h5-13,15-16,25,38H,4,14H2,1-3H3. The fourth-order valence-electron chi connectivity index (χ4n) is 4.75. The second-order valence-corrected chi connectivity index (χ2v) is 10.2. The molecule has 0 spiro atoms. The first kappa shape index (κ1) is 26.4. The van der Waals surface area contributed by atoms with Crippen LogP contribution >= 0.6 is 11.3 Å². The summed E-state index contributed by atoms with van der Waals surface area (Å²) in [4.78, 5) is 25.7. The predicted octanol–water partition coefficient (Wildman–Crippen LogP) is 6.62. The zero-order valence-corrected chi connectivity index (χ0v) is 22.5. The summed E-state index contributed by atoms with van der Waals surface area (Å²) in [5.41, 5.74) is 2.51. The third kappa shape index (κ3) is 5.09. The van der Waals surface area contributed by atoms with E-state index in [1.807, 2.05) is 49.6 Å². The van der Waals surface area contributed by atoms with Gasteiger partial charge in [-0.05, 0) is 49.1 Å². The van der Waals surface area contributed by atoms with Crippen molar-refractivity contribution in [2.24, 2.45) is 0 Å². The van der Waals surface area contributed by atoms with E-state index in [2.05, 4.69) is 15.0 Å². The molecule has 0 fully saturated rings. The Balaban J connectivity index is 1.61. The third-order valence-corrected chi connectivity index (χ3v) is 7.69. The molecule has 1 atom stereocenters. The van der Waals surface area contributed by atoms with Gasteiger partial charge in [0.15, 0.2) is 10.8 Å². The molecule has 0 radical (unpaired) electrons. The largest absolute Gasteiger partial charge is 0.494 e. The predicted molar refractivity (Wildman–Crippen MR) is 148 cm³/mol. The molecule has 0 saturated carbocycles. The maximum atomic E-state index is 15.2. The van der Waals surface area contributed by atoms with E-state index in [0.717, 1.165) is 11.3 Å². The Morgan fingerprint density at radius 3 is 2.46 bits per heavy atom. The van der Waals surface area contributed by atoms with Crippen LogP contribution in [0.5, 0.6) is 5.88 Å². The molecule has 0 aliphatic heterocycles. The third-order valence-electron chi connectivity index (χ3n) is 6.73. The molecule has 0 amide bonds. The van der Waals surface area contributed by atoms with Gasteiger partial charge < -0.3 is 5.11 Å². The molecule has 3 aromatic heterocycles. The van der Waals surface area contributed by atoms with Crippen molar-refractivity contribution in [2.75, 3.05) is 0 Å². The molecule has 6 nitrogen and oxygen atoms in total. The molecule has 1 unspecified atom stereocenters. The first-order valence-electron chi connectivity index (χ1n) is 12.5. The summed E-state index contributed by atoms with van der Waals surface area (Å²) in [5, 5.41) is 14.0. The highest BCUT2D eigenvalue weighted by atomic mass is 32.1. The van der Waals surface area contributed by atoms with Gasteiger partial charge >= 0.3 is 0 Å². The van der Waals surface area contributed by atoms with E-state index >= 15 is 4.39 Å². The Bertz CT molecular complexity index is 1720. The minimum atomic E-state index is -0.660. The van der Waals surface area contributed by atoms with E-state index in [-0.39, 0.29) is 40.9 Å². The van der Waals surface area contributed by atoms with E-state index in [0.29, 0.717) is 22.6 Å². The van der Waals surface area contributed by atoms with E-state index in [1.165, 1.54) is 23.6 Å². The first-order chi connectivity index (χ1) is 18.8. The summed E-state index contributed by atoms with van der Waals surface area (Å²) < 4.78 is 30.8. The van der Waals surface area contributed by atoms with Gasteiger partial charge in [-0.1, -0.05) is 49.4 Å². The lowest BCUT2D eigenvalue weighted by atomic mass is 9.98. The van der Waals surface area contributed by atoms with Gasteiger partial charge in [0.25, 0.3) is 5.56 Å². The monoisotopic (exact) mass is 544 g/mol. The second kappa shape index (κ2) is 10.9. The number of pyridine rings is 1. The summed E-state index contributed by atoms with van der Waals surface area (Å²) in [5.74, 6) is -1.18. The number of aromatic nitrogens is 4. The Kier molecular flexibility index (Phi) is 7.34. The molecule has 198 valence electrons. The number of aryl methyl sites for hydroxylation is 1. The number of rotatable bonds is 7. The lowest BCUT2D eigenvalue weighted by molar-refractivity contribution is 0.382. The van der Waals surface area contributed by atoms with Crippen LogP contribution in [-0.2, 0) is 6.42 Å². The van der Waals surface area contributed by atoms with E-state index < -0.39 is 17.3 Å². The molecular formula is C30H26F2N4O2S. The topological polar surface area (TPSA) is 80.9 Å². The number of aromatic hydroxyl groups is 1. The fraction of sp³-hybridized carbons (Fsp3) is 0.200. The zero-order valence-electron chi connectivity index (χ0n) is 21.7. The SMILES string of the molecule is CCC(c1ccccc1)n1c(-c2nc(C)cs2)nc(=O)c(Cc2ccc(-c3ccnc(F)c3C)c(F)c2)c1O. The van der Waals surface area contributed by atoms with Gasteiger partial charge in [0.2, 0.25) is 11.8 Å². The van der Waals surface area contributed by atoms with Gasteiger partial charge in [-0.2, -0.15) is 9.37 Å². The average Bonchev–Trinajstić information content (AvgIpc) is 3.36. The number of hydrogen-bond acceptors (Lipinski definition) is 6. The van der Waals surface area contributed by atoms with Gasteiger partial charge in [0.05, 0.1) is 11.6 Å². The van der Waals surface area contributed by atoms with Crippen molar-refractivity contribution in [1.29, 1.82) is 0 Å². The summed E-state index contributed by atoms with van der Waals surface area (Å²) in [7, 11) is 0. The molecule has 5 rings (SSSR count). The molecule has 0 aliphatic rings. The number of thiazole rings is 1. The van der Waals surface area contributed by atoms with Crippen molar-refractivity contribution < 1.29 is 13.9 Å². The van der Waals surface area contributed by atoms with Crippen molar-refractivity contribution in [1.82, 2.24) is 19.5 Å². The highest BCUT2D eigenvalue weighted by Gasteiger charge is 2.26. The van der Waals surface area contributed by atoms with Gasteiger partial charge in [-0.3, -0.25) is 9.36 Å². The summed E-state index contributed by atoms with van der Waals surface area (Å²) in [6.07, 6.45) is 1.87. The minimum absolute atomic E-state index is 0.0407. The van der Waals surface area contributed by atoms with Crippen LogP contribution in [0.3, 0.4) is 0 Å². The average molecular weight is 545 g/mol. The highest BCUT2D eigenvalue weighted by molar-refractivity contribution is 7.13. The number of halogens is 2. The van der Waals surface area contributed by atoms with Crippen LogP contribution in [0.4, 0.5) is 8.78 Å². The first-order valence-corrected chi connectivity index (χ1v) is 13.4. The van der Waals surface area contributed by atoms with Gasteiger partial charge in [0, 0.05) is 34.8 Å². The molecule has 0 saturated heterocycles. The Hall–Kier alpha value is -4.24. The molecule has 3 heterocycles. The van der Waals surface area contributed by atoms with Crippen molar-refractivity contribution in [3.8, 4) is 27.8 Å². The number of nitrogens with zero attached hydrogens (tertiary/aromatic N) is 4. The van der Waals surface area contributed by atoms with Crippen LogP contribution in [0.25, 0.3) is 22.0 Å². The highest BCUT2D eigenvalue weighted by Crippen LogP contribution is 2.35. The normalized spacial score (nSPS) is 12.0. The molecule has 2 aromatic carbocycles. The maximum absolute atomic E-state index is 15.2. The lowest BCUT2D eigenvalue weighted by Gasteiger charge is -2.24. The van der Waals surface area contributed by atoms with Crippen molar-refractivity contribution in [3.05, 3.63) is 116 Å². The van der Waals surface area contributed by atoms with Crippen LogP contribution in [0.15, 0.2) is 71.0 Å². The smallest absolute Gasteiger partial charge is 0.280 e. The van der Waals surface area contributed by atoms with E-state index in [4.69, 9.17) is 0 Å². The van der Waals surface area contributed by atoms with Crippen LogP contribution in [0, 0.1) is 25.6 Å². The molecular weight excluding hydrogens is 518 g/mol. The maximum Gasteiger partial charge on any atom is 0.280 e. The van der Waals surface area contributed by atoms with Gasteiger partial charge in [-0.15, -0.1) is 11.3 Å². The fourth-order valence-corrected chi connectivity index (χ4v) is 5.53. The van der Waals surface area contributed by atoms with E-state index in [9.17, 15) is 14.3 Å². The molecule has 9 heteroatoms. The van der Waals surface area contributed by atoms with Crippen molar-refractivity contribution in [3.63, 3.8) is 0 Å². The van der Waals surface area contributed by atoms with Crippen LogP contribution in [0.1, 0.15) is 47.3 Å². The Morgan fingerprint density at radius 2 is 1.79 bits per heavy atom. The van der Waals surface area contributed by atoms with Gasteiger partial charge in [-0.25, -0.2) is 14.4 Å². The molecule has 1 N–H and O–H groups in total. The number of hydrogen-bond donors (Lipinski definition) is 1. The molecule has 5 aromatic rings. The lowest BCUT2D eigenvalue weighted by Crippen LogP contribution is -2.24. The molecule has 39 heavy (non-hydrogen) atoms. The van der Waals surface area contributed by atoms with Crippen LogP contribution in [0.2, 0.25) is 0 Å². The minimum Gasteiger partial charge on any atom is -0.494 e. The summed E-state index contributed by atoms with van der Waals surface area (Å²) >= 11 is 1.35. The quantitative estimate of drug-likeness (QED) is 0.233. The van der Waals surface area contributed by atoms with Crippen molar-refractivity contribution >= 4 is 11.3 Å². The molecule has 0 bridgehead atoms. The van der Waals surface area contributed by atoms with Crippen LogP contribution < -0.4 is 5.56 Å². The second-order valence-electron chi connectivity index (χ2n) is 9.31. The molecule has 0 aliphatic carbocycles.